The molecule has 0 unspecified atom stereocenters. The van der Waals surface area contributed by atoms with Gasteiger partial charge in [-0.15, -0.1) is 0 Å². The Hall–Kier alpha value is -0.940. The van der Waals surface area contributed by atoms with Gasteiger partial charge in [0.2, 0.25) is 0 Å². The van der Waals surface area contributed by atoms with E-state index in [4.69, 9.17) is 0 Å². The van der Waals surface area contributed by atoms with Gasteiger partial charge in [-0.05, 0) is 0 Å². The molecule has 0 aromatic heterocycles. The zero-order chi connectivity index (χ0) is 12.8. The van der Waals surface area contributed by atoms with Gasteiger partial charge in [0.15, 0.2) is 0 Å². The van der Waals surface area contributed by atoms with E-state index in [-0.39, 0.29) is 11.0 Å². The fourth-order valence-electron chi connectivity index (χ4n) is 1.13. The molecule has 1 rings (SSSR count). The summed E-state index contributed by atoms with van der Waals surface area (Å²) in [5.41, 5.74) is 1.40. The molecule has 0 aliphatic heterocycles. The van der Waals surface area contributed by atoms with E-state index < -0.39 is 0 Å². The van der Waals surface area contributed by atoms with Crippen LogP contribution in [0.15, 0.2) is 30.3 Å². The molecule has 4 heteroatoms. The summed E-state index contributed by atoms with van der Waals surface area (Å²) < 4.78 is 1.99. The molecule has 0 saturated heterocycles. The maximum absolute atomic E-state index is 2.20. The lowest BCUT2D eigenvalue weighted by Gasteiger charge is -2.23. The molecule has 18 heavy (non-hydrogen) atoms. The molecule has 2 N–H and O–H groups in total. The van der Waals surface area contributed by atoms with Crippen LogP contribution in [0.3, 0.4) is 0 Å². The lowest BCUT2D eigenvalue weighted by molar-refractivity contribution is -0.884. The summed E-state index contributed by atoms with van der Waals surface area (Å²) in [5.74, 6) is 0. The highest BCUT2D eigenvalue weighted by Gasteiger charge is 2.06. The average molecular weight is 258 g/mol. The molecule has 0 amide bonds. The Morgan fingerprint density at radius 2 is 1.06 bits per heavy atom. The van der Waals surface area contributed by atoms with Crippen molar-refractivity contribution in [2.45, 2.75) is 6.54 Å². The SMILES string of the molecule is C[N+](C)(C)C.C[N+](C)(C)Cc1ccccc1.[OH-].[OH-]. The second kappa shape index (κ2) is 9.05. The molecule has 0 heterocycles. The van der Waals surface area contributed by atoms with Crippen LogP contribution in [-0.4, -0.2) is 69.3 Å². The van der Waals surface area contributed by atoms with Gasteiger partial charge in [-0.1, -0.05) is 30.3 Å². The van der Waals surface area contributed by atoms with Crippen molar-refractivity contribution < 1.29 is 19.9 Å². The van der Waals surface area contributed by atoms with Crippen molar-refractivity contribution in [3.8, 4) is 0 Å². The molecule has 0 spiro atoms. The van der Waals surface area contributed by atoms with Crippen molar-refractivity contribution >= 4 is 0 Å². The van der Waals surface area contributed by atoms with Gasteiger partial charge in [0.05, 0.1) is 49.3 Å². The molecule has 1 aromatic rings. The third-order valence-electron chi connectivity index (χ3n) is 1.50. The summed E-state index contributed by atoms with van der Waals surface area (Å²) in [6, 6.07) is 10.6. The minimum Gasteiger partial charge on any atom is -0.870 e. The van der Waals surface area contributed by atoms with Crippen molar-refractivity contribution in [3.05, 3.63) is 35.9 Å². The lowest BCUT2D eigenvalue weighted by Crippen LogP contribution is -2.33. The zero-order valence-corrected chi connectivity index (χ0v) is 12.9. The average Bonchev–Trinajstić information content (AvgIpc) is 1.99. The Kier molecular flexibility index (Phi) is 11.2. The molecule has 0 aliphatic rings. The van der Waals surface area contributed by atoms with E-state index in [1.54, 1.807) is 0 Å². The maximum atomic E-state index is 2.20. The predicted octanol–water partition coefficient (Wildman–Crippen LogP) is 1.86. The van der Waals surface area contributed by atoms with Crippen LogP contribution in [0.2, 0.25) is 0 Å². The summed E-state index contributed by atoms with van der Waals surface area (Å²) in [5, 5.41) is 0. The largest absolute Gasteiger partial charge is 0.870 e. The van der Waals surface area contributed by atoms with Crippen LogP contribution >= 0.6 is 0 Å². The molecule has 0 aliphatic carbocycles. The summed E-state index contributed by atoms with van der Waals surface area (Å²) in [6.07, 6.45) is 0. The smallest absolute Gasteiger partial charge is 0.104 e. The normalized spacial score (nSPS) is 10.4. The molecule has 0 radical (unpaired) electrons. The quantitative estimate of drug-likeness (QED) is 0.760. The molecule has 4 nitrogen and oxygen atoms in total. The highest BCUT2D eigenvalue weighted by molar-refractivity contribution is 5.13. The monoisotopic (exact) mass is 258 g/mol. The van der Waals surface area contributed by atoms with E-state index in [9.17, 15) is 0 Å². The van der Waals surface area contributed by atoms with E-state index in [0.717, 1.165) is 15.5 Å². The van der Waals surface area contributed by atoms with Gasteiger partial charge in [0.1, 0.15) is 6.54 Å². The molecule has 0 bridgehead atoms. The fourth-order valence-corrected chi connectivity index (χ4v) is 1.13. The van der Waals surface area contributed by atoms with E-state index in [1.807, 2.05) is 0 Å². The topological polar surface area (TPSA) is 60.0 Å². The Labute approximate surface area is 112 Å². The summed E-state index contributed by atoms with van der Waals surface area (Å²) in [7, 11) is 15.1. The van der Waals surface area contributed by atoms with E-state index in [2.05, 4.69) is 79.7 Å². The van der Waals surface area contributed by atoms with Crippen molar-refractivity contribution in [1.29, 1.82) is 0 Å². The first-order valence-corrected chi connectivity index (χ1v) is 5.71. The molecule has 0 atom stereocenters. The minimum absolute atomic E-state index is 0. The van der Waals surface area contributed by atoms with Crippen LogP contribution in [-0.2, 0) is 6.54 Å². The van der Waals surface area contributed by atoms with Crippen LogP contribution in [0.1, 0.15) is 5.56 Å². The number of benzene rings is 1. The van der Waals surface area contributed by atoms with Gasteiger partial charge < -0.3 is 19.9 Å². The van der Waals surface area contributed by atoms with E-state index >= 15 is 0 Å². The third-order valence-corrected chi connectivity index (χ3v) is 1.50. The molecule has 108 valence electrons. The molecule has 1 aromatic carbocycles. The van der Waals surface area contributed by atoms with Crippen molar-refractivity contribution in [3.63, 3.8) is 0 Å². The summed E-state index contributed by atoms with van der Waals surface area (Å²) >= 11 is 0. The number of hydrogen-bond acceptors (Lipinski definition) is 2. The fraction of sp³-hybridized carbons (Fsp3) is 0.571. The van der Waals surface area contributed by atoms with Crippen LogP contribution < -0.4 is 0 Å². The molecule has 0 fully saturated rings. The van der Waals surface area contributed by atoms with Crippen molar-refractivity contribution in [2.24, 2.45) is 0 Å². The van der Waals surface area contributed by atoms with Gasteiger partial charge >= 0.3 is 0 Å². The lowest BCUT2D eigenvalue weighted by atomic mass is 10.2. The van der Waals surface area contributed by atoms with Gasteiger partial charge in [-0.3, -0.25) is 0 Å². The number of rotatable bonds is 2. The number of quaternary nitrogens is 2. The predicted molar refractivity (Wildman–Crippen MR) is 76.0 cm³/mol. The second-order valence-corrected chi connectivity index (χ2v) is 6.62. The van der Waals surface area contributed by atoms with Gasteiger partial charge in [-0.2, -0.15) is 0 Å². The van der Waals surface area contributed by atoms with E-state index in [0.29, 0.717) is 0 Å². The van der Waals surface area contributed by atoms with Crippen LogP contribution in [0.4, 0.5) is 0 Å². The van der Waals surface area contributed by atoms with Gasteiger partial charge in [0, 0.05) is 5.56 Å². The molecular formula is C14H30N2O2. The minimum atomic E-state index is 0. The Morgan fingerprint density at radius 3 is 1.33 bits per heavy atom. The standard InChI is InChI=1S/C10H16N.C4H12N.2H2O/c1-11(2,3)9-10-7-5-4-6-8-10;1-5(2,3)4;;/h4-8H,9H2,1-3H3;1-4H3;2*1H2/q2*+1;;/p-2. The second-order valence-electron chi connectivity index (χ2n) is 6.62. The summed E-state index contributed by atoms with van der Waals surface area (Å²) in [6.45, 7) is 1.10. The van der Waals surface area contributed by atoms with Crippen molar-refractivity contribution in [2.75, 3.05) is 49.3 Å². The molecular weight excluding hydrogens is 228 g/mol. The first-order valence-electron chi connectivity index (χ1n) is 5.71. The van der Waals surface area contributed by atoms with E-state index in [1.165, 1.54) is 5.56 Å². The molecule has 0 saturated carbocycles. The highest BCUT2D eigenvalue weighted by atomic mass is 16.0. The highest BCUT2D eigenvalue weighted by Crippen LogP contribution is 2.05. The number of nitrogens with zero attached hydrogens (tertiary/aromatic N) is 2. The Balaban J connectivity index is -0.000000282. The van der Waals surface area contributed by atoms with Crippen LogP contribution in [0.5, 0.6) is 0 Å². The first-order chi connectivity index (χ1) is 7.08. The third kappa shape index (κ3) is 20.5. The van der Waals surface area contributed by atoms with Gasteiger partial charge in [0.25, 0.3) is 0 Å². The van der Waals surface area contributed by atoms with Gasteiger partial charge in [-0.25, -0.2) is 0 Å². The Bertz CT molecular complexity index is 281. The number of hydrogen-bond donors (Lipinski definition) is 0. The zero-order valence-electron chi connectivity index (χ0n) is 12.9. The first kappa shape index (κ1) is 22.3. The Morgan fingerprint density at radius 1 is 0.722 bits per heavy atom. The van der Waals surface area contributed by atoms with Crippen LogP contribution in [0.25, 0.3) is 0 Å². The summed E-state index contributed by atoms with van der Waals surface area (Å²) in [4.78, 5) is 0. The maximum Gasteiger partial charge on any atom is 0.104 e. The van der Waals surface area contributed by atoms with Crippen LogP contribution in [0, 0.1) is 0 Å². The van der Waals surface area contributed by atoms with Crippen molar-refractivity contribution in [1.82, 2.24) is 0 Å².